The average molecular weight is 354 g/mol. The van der Waals surface area contributed by atoms with Crippen LogP contribution in [0.4, 0.5) is 0 Å². The van der Waals surface area contributed by atoms with Crippen LogP contribution in [-0.4, -0.2) is 45.4 Å². The molecular weight excluding hydrogens is 328 g/mol. The predicted octanol–water partition coefficient (Wildman–Crippen LogP) is -1.02. The van der Waals surface area contributed by atoms with E-state index >= 15 is 0 Å². The highest BCUT2D eigenvalue weighted by Crippen LogP contribution is 2.27. The smallest absolute Gasteiger partial charge is 0.330 e. The second kappa shape index (κ2) is 7.94. The van der Waals surface area contributed by atoms with Crippen molar-refractivity contribution >= 4 is 5.91 Å². The number of aliphatic hydroxyl groups is 1. The Kier molecular flexibility index (Phi) is 6.15. The molecule has 140 valence electrons. The second-order valence-electron chi connectivity index (χ2n) is 6.89. The molecule has 0 spiro atoms. The summed E-state index contributed by atoms with van der Waals surface area (Å²) in [5, 5.41) is 12.8. The van der Waals surface area contributed by atoms with Crippen LogP contribution in [0, 0.1) is 12.8 Å². The summed E-state index contributed by atoms with van der Waals surface area (Å²) in [4.78, 5) is 37.5. The van der Waals surface area contributed by atoms with E-state index in [1.54, 1.807) is 6.92 Å². The number of ether oxygens (including phenoxy) is 1. The third-order valence-electron chi connectivity index (χ3n) is 4.20. The molecule has 0 aromatic carbocycles. The van der Waals surface area contributed by atoms with Crippen molar-refractivity contribution in [1.29, 1.82) is 0 Å². The van der Waals surface area contributed by atoms with Crippen molar-refractivity contribution in [1.82, 2.24) is 14.9 Å². The number of hydrogen-bond donors (Lipinski definition) is 4. The van der Waals surface area contributed by atoms with Gasteiger partial charge in [0.2, 0.25) is 5.91 Å². The predicted molar refractivity (Wildman–Crippen MR) is 91.0 cm³/mol. The van der Waals surface area contributed by atoms with E-state index in [0.717, 1.165) is 0 Å². The quantitative estimate of drug-likeness (QED) is 0.516. The normalized spacial score (nSPS) is 24.5. The first-order valence-corrected chi connectivity index (χ1v) is 8.38. The molecule has 0 bridgehead atoms. The van der Waals surface area contributed by atoms with Gasteiger partial charge in [-0.25, -0.2) is 4.79 Å². The molecule has 1 aliphatic heterocycles. The van der Waals surface area contributed by atoms with Crippen molar-refractivity contribution in [2.24, 2.45) is 11.7 Å². The third kappa shape index (κ3) is 4.77. The van der Waals surface area contributed by atoms with E-state index in [-0.39, 0.29) is 18.9 Å². The molecule has 25 heavy (non-hydrogen) atoms. The molecule has 5 N–H and O–H groups in total. The van der Waals surface area contributed by atoms with E-state index in [1.807, 2.05) is 13.8 Å². The molecule has 1 aromatic heterocycles. The van der Waals surface area contributed by atoms with E-state index in [1.165, 1.54) is 10.8 Å². The Morgan fingerprint density at radius 2 is 2.20 bits per heavy atom. The zero-order valence-corrected chi connectivity index (χ0v) is 14.7. The zero-order chi connectivity index (χ0) is 18.7. The molecule has 4 atom stereocenters. The molecule has 0 aliphatic carbocycles. The van der Waals surface area contributed by atoms with Crippen LogP contribution in [0.25, 0.3) is 0 Å². The number of H-pyrrole nitrogens is 1. The average Bonchev–Trinajstić information content (AvgIpc) is 2.88. The number of rotatable bonds is 6. The lowest BCUT2D eigenvalue weighted by Gasteiger charge is -2.19. The molecule has 0 unspecified atom stereocenters. The van der Waals surface area contributed by atoms with E-state index in [0.29, 0.717) is 17.9 Å². The summed E-state index contributed by atoms with van der Waals surface area (Å²) in [6.07, 6.45) is -0.0502. The maximum Gasteiger partial charge on any atom is 0.330 e. The van der Waals surface area contributed by atoms with Gasteiger partial charge in [0.15, 0.2) is 0 Å². The molecule has 1 fully saturated rings. The maximum absolute atomic E-state index is 12.0. The first-order valence-electron chi connectivity index (χ1n) is 8.38. The summed E-state index contributed by atoms with van der Waals surface area (Å²) in [7, 11) is 0. The van der Waals surface area contributed by atoms with Crippen LogP contribution in [-0.2, 0) is 9.53 Å². The summed E-state index contributed by atoms with van der Waals surface area (Å²) < 4.78 is 6.92. The number of aliphatic hydroxyl groups excluding tert-OH is 1. The van der Waals surface area contributed by atoms with Crippen LogP contribution in [0.15, 0.2) is 15.8 Å². The molecule has 2 heterocycles. The summed E-state index contributed by atoms with van der Waals surface area (Å²) in [6.45, 7) is 5.63. The van der Waals surface area contributed by atoms with Gasteiger partial charge in [0, 0.05) is 24.7 Å². The number of nitrogens with zero attached hydrogens (tertiary/aromatic N) is 1. The van der Waals surface area contributed by atoms with Crippen LogP contribution in [0.3, 0.4) is 0 Å². The number of carbonyl (C=O) groups is 1. The van der Waals surface area contributed by atoms with Gasteiger partial charge >= 0.3 is 5.69 Å². The molecule has 1 aromatic rings. The van der Waals surface area contributed by atoms with Crippen molar-refractivity contribution in [3.05, 3.63) is 32.6 Å². The lowest BCUT2D eigenvalue weighted by Crippen LogP contribution is -2.45. The Morgan fingerprint density at radius 1 is 1.52 bits per heavy atom. The summed E-state index contributed by atoms with van der Waals surface area (Å²) in [6, 6.07) is -0.612. The minimum Gasteiger partial charge on any atom is -0.390 e. The molecular formula is C16H26N4O5. The van der Waals surface area contributed by atoms with E-state index in [4.69, 9.17) is 10.5 Å². The number of amides is 1. The summed E-state index contributed by atoms with van der Waals surface area (Å²) >= 11 is 0. The number of aryl methyl sites for hydroxylation is 1. The van der Waals surface area contributed by atoms with Gasteiger partial charge in [-0.05, 0) is 19.3 Å². The highest BCUT2D eigenvalue weighted by atomic mass is 16.5. The number of nitrogens with one attached hydrogen (secondary N) is 2. The van der Waals surface area contributed by atoms with Gasteiger partial charge in [-0.1, -0.05) is 13.8 Å². The van der Waals surface area contributed by atoms with Gasteiger partial charge in [-0.2, -0.15) is 0 Å². The molecule has 0 radical (unpaired) electrons. The number of aromatic amines is 1. The minimum atomic E-state index is -0.842. The third-order valence-corrected chi connectivity index (χ3v) is 4.20. The molecule has 1 amide bonds. The van der Waals surface area contributed by atoms with Crippen molar-refractivity contribution < 1.29 is 14.6 Å². The fourth-order valence-corrected chi connectivity index (χ4v) is 2.82. The SMILES string of the molecule is Cc1cn([C@H]2C[C@H](O)[C@@H](CNC(=O)[C@@H](N)CC(C)C)O2)c(=O)[nH]c1=O. The molecule has 2 rings (SSSR count). The highest BCUT2D eigenvalue weighted by Gasteiger charge is 2.36. The fourth-order valence-electron chi connectivity index (χ4n) is 2.82. The number of carbonyl (C=O) groups excluding carboxylic acids is 1. The molecule has 1 saturated heterocycles. The summed E-state index contributed by atoms with van der Waals surface area (Å²) in [5.41, 5.74) is 5.13. The first-order chi connectivity index (χ1) is 11.7. The van der Waals surface area contributed by atoms with Crippen molar-refractivity contribution in [2.45, 2.75) is 58.1 Å². The minimum absolute atomic E-state index is 0.0966. The van der Waals surface area contributed by atoms with Gasteiger partial charge in [0.05, 0.1) is 12.1 Å². The standard InChI is InChI=1S/C16H26N4O5/c1-8(2)4-10(17)15(23)18-6-12-11(21)5-13(25-12)20-7-9(3)14(22)19-16(20)24/h7-8,10-13,21H,4-6,17H2,1-3H3,(H,18,23)(H,19,22,24)/t10-,11-,12+,13+/m0/s1. The maximum atomic E-state index is 12.0. The first kappa shape index (κ1) is 19.4. The lowest BCUT2D eigenvalue weighted by atomic mass is 10.0. The van der Waals surface area contributed by atoms with Gasteiger partial charge in [-0.15, -0.1) is 0 Å². The van der Waals surface area contributed by atoms with E-state index in [9.17, 15) is 19.5 Å². The largest absolute Gasteiger partial charge is 0.390 e. The van der Waals surface area contributed by atoms with Crippen LogP contribution in [0.5, 0.6) is 0 Å². The van der Waals surface area contributed by atoms with Crippen molar-refractivity contribution in [2.75, 3.05) is 6.54 Å². The van der Waals surface area contributed by atoms with Gasteiger partial charge < -0.3 is 20.9 Å². The number of hydrogen-bond acceptors (Lipinski definition) is 6. The Balaban J connectivity index is 1.98. The lowest BCUT2D eigenvalue weighted by molar-refractivity contribution is -0.123. The van der Waals surface area contributed by atoms with Crippen molar-refractivity contribution in [3.63, 3.8) is 0 Å². The Labute approximate surface area is 145 Å². The Morgan fingerprint density at radius 3 is 2.84 bits per heavy atom. The number of nitrogens with two attached hydrogens (primary N) is 1. The molecule has 9 heteroatoms. The zero-order valence-electron chi connectivity index (χ0n) is 14.7. The highest BCUT2D eigenvalue weighted by molar-refractivity contribution is 5.81. The van der Waals surface area contributed by atoms with Gasteiger partial charge in [-0.3, -0.25) is 19.1 Å². The number of aromatic nitrogens is 2. The van der Waals surface area contributed by atoms with Crippen molar-refractivity contribution in [3.8, 4) is 0 Å². The fraction of sp³-hybridized carbons (Fsp3) is 0.688. The van der Waals surface area contributed by atoms with Crippen LogP contribution < -0.4 is 22.3 Å². The van der Waals surface area contributed by atoms with E-state index < -0.39 is 35.7 Å². The van der Waals surface area contributed by atoms with Gasteiger partial charge in [0.25, 0.3) is 5.56 Å². The second-order valence-corrected chi connectivity index (χ2v) is 6.89. The Hall–Kier alpha value is -1.97. The van der Waals surface area contributed by atoms with Crippen LogP contribution in [0.2, 0.25) is 0 Å². The topological polar surface area (TPSA) is 139 Å². The molecule has 0 saturated carbocycles. The van der Waals surface area contributed by atoms with Gasteiger partial charge in [0.1, 0.15) is 12.3 Å². The monoisotopic (exact) mass is 354 g/mol. The van der Waals surface area contributed by atoms with Crippen LogP contribution in [0.1, 0.15) is 38.5 Å². The molecule has 9 nitrogen and oxygen atoms in total. The Bertz CT molecular complexity index is 726. The molecule has 1 aliphatic rings. The summed E-state index contributed by atoms with van der Waals surface area (Å²) in [5.74, 6) is -0.00111. The van der Waals surface area contributed by atoms with Crippen LogP contribution >= 0.6 is 0 Å². The van der Waals surface area contributed by atoms with E-state index in [2.05, 4.69) is 10.3 Å².